The van der Waals surface area contributed by atoms with Crippen molar-refractivity contribution < 1.29 is 19.4 Å². The van der Waals surface area contributed by atoms with E-state index in [1.807, 2.05) is 31.2 Å². The molecule has 0 saturated heterocycles. The molecule has 0 spiro atoms. The summed E-state index contributed by atoms with van der Waals surface area (Å²) in [6.07, 6.45) is 0.421. The van der Waals surface area contributed by atoms with Crippen LogP contribution in [0.25, 0.3) is 0 Å². The van der Waals surface area contributed by atoms with Crippen molar-refractivity contribution in [3.63, 3.8) is 0 Å². The van der Waals surface area contributed by atoms with E-state index in [-0.39, 0.29) is 6.42 Å². The molecule has 0 unspecified atom stereocenters. The van der Waals surface area contributed by atoms with Crippen LogP contribution in [0.3, 0.4) is 0 Å². The van der Waals surface area contributed by atoms with Crippen molar-refractivity contribution in [3.05, 3.63) is 35.4 Å². The standard InChI is InChI=1S/C13H17NO4/c1-3-9-4-6-10(7-5-9)8-11(12(15)16)14-13(17)18-2/h4-7,11H,3,8H2,1-2H3,(H,14,17)(H,15,16)/t11-/m0/s1. The lowest BCUT2D eigenvalue weighted by molar-refractivity contribution is -0.139. The Morgan fingerprint density at radius 3 is 2.28 bits per heavy atom. The van der Waals surface area contributed by atoms with Crippen molar-refractivity contribution in [2.45, 2.75) is 25.8 Å². The number of carbonyl (C=O) groups excluding carboxylic acids is 1. The number of ether oxygens (including phenoxy) is 1. The van der Waals surface area contributed by atoms with Gasteiger partial charge in [-0.25, -0.2) is 9.59 Å². The zero-order valence-corrected chi connectivity index (χ0v) is 10.5. The molecule has 18 heavy (non-hydrogen) atoms. The fourth-order valence-corrected chi connectivity index (χ4v) is 1.55. The van der Waals surface area contributed by atoms with Gasteiger partial charge in [-0.3, -0.25) is 0 Å². The summed E-state index contributed by atoms with van der Waals surface area (Å²) in [6, 6.07) is 6.66. The maximum Gasteiger partial charge on any atom is 0.407 e. The molecule has 0 saturated carbocycles. The number of aryl methyl sites for hydroxylation is 1. The van der Waals surface area contributed by atoms with Gasteiger partial charge < -0.3 is 15.2 Å². The maximum atomic E-state index is 11.0. The second-order valence-electron chi connectivity index (χ2n) is 3.90. The number of alkyl carbamates (subject to hydrolysis) is 1. The SMILES string of the molecule is CCc1ccc(C[C@H](NC(=O)OC)C(=O)O)cc1. The molecule has 0 aromatic heterocycles. The van der Waals surface area contributed by atoms with Crippen molar-refractivity contribution in [2.75, 3.05) is 7.11 Å². The van der Waals surface area contributed by atoms with Crippen molar-refractivity contribution in [1.29, 1.82) is 0 Å². The minimum absolute atomic E-state index is 0.231. The Kier molecular flexibility index (Phi) is 5.17. The topological polar surface area (TPSA) is 75.6 Å². The van der Waals surface area contributed by atoms with Gasteiger partial charge in [-0.1, -0.05) is 31.2 Å². The molecular formula is C13H17NO4. The number of methoxy groups -OCH3 is 1. The predicted octanol–water partition coefficient (Wildman–Crippen LogP) is 1.60. The number of carboxylic acids is 1. The molecule has 0 bridgehead atoms. The van der Waals surface area contributed by atoms with Gasteiger partial charge in [0.05, 0.1) is 7.11 Å². The van der Waals surface area contributed by atoms with E-state index in [9.17, 15) is 9.59 Å². The first-order chi connectivity index (χ1) is 8.56. The largest absolute Gasteiger partial charge is 0.480 e. The van der Waals surface area contributed by atoms with Gasteiger partial charge in [0.2, 0.25) is 0 Å². The fraction of sp³-hybridized carbons (Fsp3) is 0.385. The Hall–Kier alpha value is -2.04. The number of benzene rings is 1. The molecule has 0 radical (unpaired) electrons. The van der Waals surface area contributed by atoms with Gasteiger partial charge in [0.15, 0.2) is 0 Å². The van der Waals surface area contributed by atoms with Crippen LogP contribution in [0.15, 0.2) is 24.3 Å². The van der Waals surface area contributed by atoms with Crippen molar-refractivity contribution in [1.82, 2.24) is 5.32 Å². The Balaban J connectivity index is 2.70. The van der Waals surface area contributed by atoms with Gasteiger partial charge in [0.1, 0.15) is 6.04 Å². The third kappa shape index (κ3) is 4.08. The van der Waals surface area contributed by atoms with Gasteiger partial charge in [0.25, 0.3) is 0 Å². The van der Waals surface area contributed by atoms with Gasteiger partial charge in [-0.2, -0.15) is 0 Å². The van der Waals surface area contributed by atoms with E-state index in [0.29, 0.717) is 0 Å². The molecule has 0 heterocycles. The first-order valence-corrected chi connectivity index (χ1v) is 5.72. The second kappa shape index (κ2) is 6.64. The van der Waals surface area contributed by atoms with Crippen LogP contribution in [0.2, 0.25) is 0 Å². The summed E-state index contributed by atoms with van der Waals surface area (Å²) >= 11 is 0. The van der Waals surface area contributed by atoms with Crippen LogP contribution in [0.4, 0.5) is 4.79 Å². The highest BCUT2D eigenvalue weighted by Crippen LogP contribution is 2.08. The second-order valence-corrected chi connectivity index (χ2v) is 3.90. The number of carbonyl (C=O) groups is 2. The number of nitrogens with one attached hydrogen (secondary N) is 1. The molecule has 1 atom stereocenters. The number of aliphatic carboxylic acids is 1. The maximum absolute atomic E-state index is 11.0. The van der Waals surface area contributed by atoms with Crippen molar-refractivity contribution in [3.8, 4) is 0 Å². The highest BCUT2D eigenvalue weighted by molar-refractivity contribution is 5.80. The lowest BCUT2D eigenvalue weighted by Crippen LogP contribution is -2.42. The molecule has 1 rings (SSSR count). The number of rotatable bonds is 5. The minimum Gasteiger partial charge on any atom is -0.480 e. The number of hydrogen-bond donors (Lipinski definition) is 2. The normalized spacial score (nSPS) is 11.7. The number of hydrogen-bond acceptors (Lipinski definition) is 3. The number of amides is 1. The van der Waals surface area contributed by atoms with Crippen LogP contribution in [-0.2, 0) is 22.4 Å². The lowest BCUT2D eigenvalue weighted by Gasteiger charge is -2.13. The molecule has 0 aliphatic carbocycles. The van der Waals surface area contributed by atoms with Crippen LogP contribution in [0.1, 0.15) is 18.1 Å². The Morgan fingerprint density at radius 1 is 1.28 bits per heavy atom. The quantitative estimate of drug-likeness (QED) is 0.833. The average molecular weight is 251 g/mol. The molecule has 1 aromatic rings. The van der Waals surface area contributed by atoms with Gasteiger partial charge in [-0.15, -0.1) is 0 Å². The van der Waals surface area contributed by atoms with E-state index in [1.54, 1.807) is 0 Å². The summed E-state index contributed by atoms with van der Waals surface area (Å²) in [5.41, 5.74) is 2.04. The summed E-state index contributed by atoms with van der Waals surface area (Å²) < 4.78 is 4.39. The lowest BCUT2D eigenvalue weighted by atomic mass is 10.0. The van der Waals surface area contributed by atoms with Gasteiger partial charge >= 0.3 is 12.1 Å². The monoisotopic (exact) mass is 251 g/mol. The smallest absolute Gasteiger partial charge is 0.407 e. The first kappa shape index (κ1) is 14.0. The van der Waals surface area contributed by atoms with Gasteiger partial charge in [-0.05, 0) is 17.5 Å². The summed E-state index contributed by atoms with van der Waals surface area (Å²) in [4.78, 5) is 22.0. The van der Waals surface area contributed by atoms with E-state index < -0.39 is 18.1 Å². The highest BCUT2D eigenvalue weighted by atomic mass is 16.5. The van der Waals surface area contributed by atoms with Crippen LogP contribution in [-0.4, -0.2) is 30.3 Å². The Morgan fingerprint density at radius 2 is 1.83 bits per heavy atom. The third-order valence-electron chi connectivity index (χ3n) is 2.65. The summed E-state index contributed by atoms with van der Waals surface area (Å²) in [6.45, 7) is 2.05. The zero-order valence-electron chi connectivity index (χ0n) is 10.5. The molecule has 98 valence electrons. The number of carboxylic acid groups (broad SMARTS) is 1. The van der Waals surface area contributed by atoms with Crippen LogP contribution in [0.5, 0.6) is 0 Å². The summed E-state index contributed by atoms with van der Waals surface area (Å²) in [5, 5.41) is 11.3. The zero-order chi connectivity index (χ0) is 13.5. The molecule has 0 fully saturated rings. The molecule has 0 aliphatic rings. The van der Waals surface area contributed by atoms with E-state index >= 15 is 0 Å². The molecule has 5 heteroatoms. The van der Waals surface area contributed by atoms with E-state index in [4.69, 9.17) is 5.11 Å². The first-order valence-electron chi connectivity index (χ1n) is 5.72. The Labute approximate surface area is 106 Å². The Bertz CT molecular complexity index is 414. The minimum atomic E-state index is -1.08. The van der Waals surface area contributed by atoms with Gasteiger partial charge in [0, 0.05) is 6.42 Å². The molecule has 1 amide bonds. The van der Waals surface area contributed by atoms with E-state index in [0.717, 1.165) is 12.0 Å². The predicted molar refractivity (Wildman–Crippen MR) is 66.5 cm³/mol. The average Bonchev–Trinajstić information content (AvgIpc) is 2.38. The highest BCUT2D eigenvalue weighted by Gasteiger charge is 2.20. The third-order valence-corrected chi connectivity index (χ3v) is 2.65. The fourth-order valence-electron chi connectivity index (χ4n) is 1.55. The van der Waals surface area contributed by atoms with Crippen molar-refractivity contribution >= 4 is 12.1 Å². The molecule has 1 aromatic carbocycles. The molecule has 5 nitrogen and oxygen atoms in total. The van der Waals surface area contributed by atoms with Crippen molar-refractivity contribution in [2.24, 2.45) is 0 Å². The van der Waals surface area contributed by atoms with E-state index in [1.165, 1.54) is 12.7 Å². The molecule has 0 aliphatic heterocycles. The van der Waals surface area contributed by atoms with Crippen LogP contribution < -0.4 is 5.32 Å². The van der Waals surface area contributed by atoms with E-state index in [2.05, 4.69) is 10.1 Å². The summed E-state index contributed by atoms with van der Waals surface area (Å²) in [7, 11) is 1.20. The van der Waals surface area contributed by atoms with Crippen LogP contribution >= 0.6 is 0 Å². The van der Waals surface area contributed by atoms with Crippen LogP contribution in [0, 0.1) is 0 Å². The molecular weight excluding hydrogens is 234 g/mol. The summed E-state index contributed by atoms with van der Waals surface area (Å²) in [5.74, 6) is -1.08. The molecule has 2 N–H and O–H groups in total.